The first-order chi connectivity index (χ1) is 46.4. The number of aliphatic hydroxyl groups is 3. The Balaban J connectivity index is 1.04. The highest BCUT2D eigenvalue weighted by Gasteiger charge is 2.78. The van der Waals surface area contributed by atoms with Gasteiger partial charge >= 0.3 is 30.0 Å². The number of benzene rings is 3. The number of amides is 7. The number of aliphatic hydroxyl groups excluding tert-OH is 2. The summed E-state index contributed by atoms with van der Waals surface area (Å²) in [4.78, 5) is 163. The number of unbranched alkanes of at least 4 members (excludes halogenated alkanes) is 1. The van der Waals surface area contributed by atoms with Crippen LogP contribution in [0.15, 0.2) is 102 Å². The molecule has 2 bridgehead atoms. The van der Waals surface area contributed by atoms with Crippen LogP contribution in [0.2, 0.25) is 5.02 Å². The third-order valence-corrected chi connectivity index (χ3v) is 18.9. The number of nitrogens with two attached hydrogens (primary N) is 2. The first kappa shape index (κ1) is 77.3. The Labute approximate surface area is 577 Å². The normalized spacial score (nSPS) is 25.2. The monoisotopic (exact) mass is 1400 g/mol. The second-order valence-electron chi connectivity index (χ2n) is 27.0. The maximum absolute atomic E-state index is 15.4. The molecule has 2 saturated carbocycles. The maximum atomic E-state index is 15.4. The van der Waals surface area contributed by atoms with Crippen molar-refractivity contribution in [2.75, 3.05) is 13.2 Å². The molecule has 3 aliphatic carbocycles. The Kier molecular flexibility index (Phi) is 25.2. The van der Waals surface area contributed by atoms with Gasteiger partial charge in [0.05, 0.1) is 36.0 Å². The summed E-state index contributed by atoms with van der Waals surface area (Å²) in [5.41, 5.74) is 2.38. The van der Waals surface area contributed by atoms with Gasteiger partial charge in [0.2, 0.25) is 41.5 Å². The van der Waals surface area contributed by atoms with Crippen LogP contribution in [0, 0.1) is 16.7 Å². The molecular weight excluding hydrogens is 1310 g/mol. The standard InChI is InChI=1S/C70H88ClN7O21/c1-37-46(35-70(93)59(97-63(90)42-20-14-11-15-21-42)57-68(9,58(86)55(85)53(37)67(70,7)8)47(80)34-48-69(57,36-94-48)98-39(3)79)95-64(91)56(54(41-18-12-10-13-19-41)78-65(92)99-66(4,5)6)96-52(84)32-31-49(81)74-33-17-16-22-44(60(72)87)76-51(83)30-28-45(61(73)88)77-62(89)38(2)75-50(82)29-25-40-23-26-43(71)27-24-40/h10-15,18-21,23-27,29,38,44-48,54-57,59,80,85,93H,16-17,22,28,30-36H2,1-9H3,(H2,72,87)(H2,73,88)(H,74,81)(H,75,82)(H,76,83)(H,77,89)(H,78,92)/b29-25+/t38?,44?,45-,46-,47-,48+,54-,55+,56+,57-,59-,68+,69-,70+/m0/s1. The number of Topliss-reactive ketones (excluding diaryl/α,β-unsaturated/α-hetero) is 1. The molecule has 1 heterocycles. The Morgan fingerprint density at radius 2 is 1.41 bits per heavy atom. The lowest BCUT2D eigenvalue weighted by atomic mass is 9.44. The summed E-state index contributed by atoms with van der Waals surface area (Å²) in [6.07, 6.45) is -11.4. The SMILES string of the molecule is CC(=O)O[C@@]12CO[C@@H]1C[C@H](O)[C@@]1(C)C(=O)[C@H](O)C3=C(C)[C@@H](OC(=O)[C@H](OC(=O)CCC(=O)NCCCCC(NC(=O)CC[C@H](NC(=O)C(C)NC(=O)/C=C/c4ccc(Cl)cc4)C(N)=O)C(N)=O)[C@@H](NC(=O)OC(C)(C)C)c4ccccc4)C[C@@](O)([C@@H](OC(=O)c4ccccc4)[C@H]21)C3(C)C. The quantitative estimate of drug-likeness (QED) is 0.0164. The molecule has 3 fully saturated rings. The number of primary amides is 2. The maximum Gasteiger partial charge on any atom is 0.408 e. The van der Waals surface area contributed by atoms with Gasteiger partial charge in [-0.25, -0.2) is 14.4 Å². The summed E-state index contributed by atoms with van der Waals surface area (Å²) in [5.74, 6) is -11.6. The molecular formula is C70H88ClN7O21. The van der Waals surface area contributed by atoms with Gasteiger partial charge in [0.15, 0.2) is 11.4 Å². The molecule has 3 aromatic rings. The molecule has 12 N–H and O–H groups in total. The number of rotatable bonds is 28. The van der Waals surface area contributed by atoms with E-state index in [2.05, 4.69) is 26.6 Å². The smallest absolute Gasteiger partial charge is 0.408 e. The number of nitrogens with one attached hydrogen (secondary N) is 5. The van der Waals surface area contributed by atoms with E-state index in [0.717, 1.165) is 6.92 Å². The molecule has 536 valence electrons. The zero-order chi connectivity index (χ0) is 73.1. The van der Waals surface area contributed by atoms with E-state index in [-0.39, 0.29) is 73.9 Å². The van der Waals surface area contributed by atoms with E-state index in [1.807, 2.05) is 0 Å². The second-order valence-corrected chi connectivity index (χ2v) is 27.5. The summed E-state index contributed by atoms with van der Waals surface area (Å²) < 4.78 is 36.2. The number of ether oxygens (including phenoxy) is 6. The van der Waals surface area contributed by atoms with Gasteiger partial charge in [-0.15, -0.1) is 0 Å². The average Bonchev–Trinajstić information content (AvgIpc) is 0.671. The first-order valence-electron chi connectivity index (χ1n) is 32.5. The van der Waals surface area contributed by atoms with Gasteiger partial charge in [0.1, 0.15) is 59.8 Å². The number of ketones is 1. The Bertz CT molecular complexity index is 3600. The summed E-state index contributed by atoms with van der Waals surface area (Å²) in [5, 5.41) is 51.7. The number of halogens is 1. The highest BCUT2D eigenvalue weighted by molar-refractivity contribution is 6.30. The fraction of sp³-hybridized carbons (Fsp3) is 0.514. The molecule has 28 nitrogen and oxygen atoms in total. The van der Waals surface area contributed by atoms with Crippen molar-refractivity contribution in [2.45, 2.75) is 198 Å². The Morgan fingerprint density at radius 3 is 2.01 bits per heavy atom. The molecule has 14 atom stereocenters. The highest BCUT2D eigenvalue weighted by Crippen LogP contribution is 2.64. The summed E-state index contributed by atoms with van der Waals surface area (Å²) >= 11 is 5.90. The summed E-state index contributed by atoms with van der Waals surface area (Å²) in [6.45, 7) is 12.6. The van der Waals surface area contributed by atoms with E-state index in [0.29, 0.717) is 10.6 Å². The van der Waals surface area contributed by atoms with Gasteiger partial charge < -0.3 is 81.8 Å². The third kappa shape index (κ3) is 18.2. The van der Waals surface area contributed by atoms with E-state index in [1.165, 1.54) is 71.0 Å². The van der Waals surface area contributed by atoms with Crippen LogP contribution in [-0.2, 0) is 76.4 Å². The van der Waals surface area contributed by atoms with Crippen LogP contribution in [-0.4, -0.2) is 171 Å². The molecule has 0 aromatic heterocycles. The van der Waals surface area contributed by atoms with Crippen LogP contribution >= 0.6 is 11.6 Å². The van der Waals surface area contributed by atoms with Crippen LogP contribution in [0.25, 0.3) is 6.08 Å². The van der Waals surface area contributed by atoms with Crippen molar-refractivity contribution in [1.82, 2.24) is 26.6 Å². The lowest BCUT2D eigenvalue weighted by Gasteiger charge is -2.67. The number of hydrogen-bond acceptors (Lipinski definition) is 21. The van der Waals surface area contributed by atoms with Crippen molar-refractivity contribution in [3.8, 4) is 0 Å². The van der Waals surface area contributed by atoms with Crippen molar-refractivity contribution in [3.63, 3.8) is 0 Å². The minimum absolute atomic E-state index is 0.00131. The zero-order valence-electron chi connectivity index (χ0n) is 56.6. The van der Waals surface area contributed by atoms with Crippen molar-refractivity contribution in [2.24, 2.45) is 28.2 Å². The average molecular weight is 1400 g/mol. The molecule has 4 aliphatic rings. The first-order valence-corrected chi connectivity index (χ1v) is 32.9. The predicted molar refractivity (Wildman–Crippen MR) is 353 cm³/mol. The second kappa shape index (κ2) is 32.3. The lowest BCUT2D eigenvalue weighted by Crippen LogP contribution is -2.81. The van der Waals surface area contributed by atoms with Crippen LogP contribution < -0.4 is 38.1 Å². The van der Waals surface area contributed by atoms with Gasteiger partial charge in [-0.3, -0.25) is 43.2 Å². The van der Waals surface area contributed by atoms with Crippen LogP contribution in [0.1, 0.15) is 148 Å². The molecule has 99 heavy (non-hydrogen) atoms. The summed E-state index contributed by atoms with van der Waals surface area (Å²) in [7, 11) is 0. The topological polar surface area (TPSA) is 433 Å². The third-order valence-electron chi connectivity index (χ3n) is 18.6. The fourth-order valence-electron chi connectivity index (χ4n) is 13.4. The van der Waals surface area contributed by atoms with Crippen molar-refractivity contribution in [3.05, 3.63) is 124 Å². The van der Waals surface area contributed by atoms with Crippen LogP contribution in [0.4, 0.5) is 4.79 Å². The predicted octanol–water partition coefficient (Wildman–Crippen LogP) is 3.47. The van der Waals surface area contributed by atoms with E-state index in [9.17, 15) is 63.3 Å². The van der Waals surface area contributed by atoms with E-state index < -0.39 is 185 Å². The van der Waals surface area contributed by atoms with Gasteiger partial charge in [-0.2, -0.15) is 0 Å². The van der Waals surface area contributed by atoms with E-state index in [4.69, 9.17) is 51.5 Å². The van der Waals surface area contributed by atoms with Gasteiger partial charge in [-0.1, -0.05) is 86.1 Å². The number of alkyl carbamates (subject to hydrolysis) is 1. The van der Waals surface area contributed by atoms with Gasteiger partial charge in [-0.05, 0) is 120 Å². The largest absolute Gasteiger partial charge is 0.455 e. The fourth-order valence-corrected chi connectivity index (χ4v) is 13.5. The van der Waals surface area contributed by atoms with Gasteiger partial charge in [0.25, 0.3) is 0 Å². The van der Waals surface area contributed by atoms with Crippen LogP contribution in [0.5, 0.6) is 0 Å². The number of carbonyl (C=O) groups excluding carboxylic acids is 12. The molecule has 7 rings (SSSR count). The summed E-state index contributed by atoms with van der Waals surface area (Å²) in [6, 6.07) is 16.8. The number of hydrogen-bond donors (Lipinski definition) is 10. The Hall–Kier alpha value is -9.09. The molecule has 1 saturated heterocycles. The Morgan fingerprint density at radius 1 is 0.788 bits per heavy atom. The molecule has 7 amide bonds. The highest BCUT2D eigenvalue weighted by atomic mass is 35.5. The van der Waals surface area contributed by atoms with Crippen molar-refractivity contribution < 1.29 is 101 Å². The van der Waals surface area contributed by atoms with Gasteiger partial charge in [0, 0.05) is 55.7 Å². The minimum atomic E-state index is -2.54. The molecule has 1 aliphatic heterocycles. The molecule has 0 spiro atoms. The molecule has 29 heteroatoms. The van der Waals surface area contributed by atoms with Crippen molar-refractivity contribution >= 4 is 88.9 Å². The molecule has 2 unspecified atom stereocenters. The van der Waals surface area contributed by atoms with Crippen molar-refractivity contribution in [1.29, 1.82) is 0 Å². The minimum Gasteiger partial charge on any atom is -0.455 e. The van der Waals surface area contributed by atoms with Crippen LogP contribution in [0.3, 0.4) is 0 Å². The molecule has 0 radical (unpaired) electrons. The van der Waals surface area contributed by atoms with E-state index in [1.54, 1.807) is 81.4 Å². The zero-order valence-corrected chi connectivity index (χ0v) is 57.3. The lowest BCUT2D eigenvalue weighted by molar-refractivity contribution is -0.346. The number of fused-ring (bicyclic) bond motifs is 5. The number of esters is 4. The number of carbonyl (C=O) groups is 12. The van der Waals surface area contributed by atoms with E-state index >= 15 is 9.59 Å². The molecule has 3 aromatic carbocycles.